The number of hydrogen-bond donors (Lipinski definition) is 0. The quantitative estimate of drug-likeness (QED) is 0.673. The average molecular weight is 201 g/mol. The van der Waals surface area contributed by atoms with E-state index in [1.807, 2.05) is 32.9 Å². The van der Waals surface area contributed by atoms with Crippen LogP contribution >= 0.6 is 11.6 Å². The van der Waals surface area contributed by atoms with Crippen molar-refractivity contribution in [3.8, 4) is 0 Å². The predicted octanol–water partition coefficient (Wildman–Crippen LogP) is 4.16. The van der Waals surface area contributed by atoms with Crippen molar-refractivity contribution in [2.75, 3.05) is 0 Å². The molecule has 0 amide bonds. The van der Waals surface area contributed by atoms with Crippen LogP contribution in [0.2, 0.25) is 5.02 Å². The van der Waals surface area contributed by atoms with Gasteiger partial charge in [0.1, 0.15) is 5.82 Å². The zero-order valence-electron chi connectivity index (χ0n) is 8.20. The second kappa shape index (κ2) is 4.10. The highest BCUT2D eigenvalue weighted by atomic mass is 35.5. The number of benzene rings is 1. The lowest BCUT2D eigenvalue weighted by molar-refractivity contribution is 0.597. The number of halogens is 2. The van der Waals surface area contributed by atoms with Gasteiger partial charge in [-0.05, 0) is 23.5 Å². The Kier molecular flexibility index (Phi) is 3.32. The Balaban J connectivity index is 3.23. The summed E-state index contributed by atoms with van der Waals surface area (Å²) in [6.45, 7) is 5.89. The second-order valence-corrected chi connectivity index (χ2v) is 3.83. The average Bonchev–Trinajstić information content (AvgIpc) is 2.09. The molecule has 1 aromatic carbocycles. The van der Waals surface area contributed by atoms with Gasteiger partial charge >= 0.3 is 0 Å². The molecule has 0 aromatic heterocycles. The van der Waals surface area contributed by atoms with Crippen LogP contribution < -0.4 is 0 Å². The molecule has 0 unspecified atom stereocenters. The Morgan fingerprint density at radius 1 is 1.38 bits per heavy atom. The van der Waals surface area contributed by atoms with Crippen LogP contribution in [0.3, 0.4) is 0 Å². The largest absolute Gasteiger partial charge is 0.205 e. The zero-order chi connectivity index (χ0) is 10.0. The molecular weight excluding hydrogens is 187 g/mol. The van der Waals surface area contributed by atoms with Crippen LogP contribution in [0.1, 0.15) is 37.8 Å². The van der Waals surface area contributed by atoms with Gasteiger partial charge in [-0.2, -0.15) is 0 Å². The van der Waals surface area contributed by atoms with Crippen molar-refractivity contribution in [2.45, 2.75) is 33.1 Å². The van der Waals surface area contributed by atoms with Gasteiger partial charge in [-0.25, -0.2) is 4.39 Å². The molecule has 1 aromatic rings. The molecule has 0 N–H and O–H groups in total. The summed E-state index contributed by atoms with van der Waals surface area (Å²) in [4.78, 5) is 0. The Morgan fingerprint density at radius 3 is 2.46 bits per heavy atom. The van der Waals surface area contributed by atoms with Crippen molar-refractivity contribution in [3.05, 3.63) is 34.1 Å². The highest BCUT2D eigenvalue weighted by Gasteiger charge is 2.12. The van der Waals surface area contributed by atoms with E-state index < -0.39 is 0 Å². The molecule has 72 valence electrons. The van der Waals surface area contributed by atoms with E-state index in [-0.39, 0.29) is 16.8 Å². The van der Waals surface area contributed by atoms with E-state index >= 15 is 0 Å². The van der Waals surface area contributed by atoms with E-state index in [4.69, 9.17) is 11.6 Å². The number of aryl methyl sites for hydroxylation is 1. The minimum Gasteiger partial charge on any atom is -0.205 e. The number of hydrogen-bond acceptors (Lipinski definition) is 0. The lowest BCUT2D eigenvalue weighted by Crippen LogP contribution is -1.96. The van der Waals surface area contributed by atoms with Crippen LogP contribution in [0.25, 0.3) is 0 Å². The summed E-state index contributed by atoms with van der Waals surface area (Å²) in [5.41, 5.74) is 1.57. The van der Waals surface area contributed by atoms with Gasteiger partial charge < -0.3 is 0 Å². The van der Waals surface area contributed by atoms with Crippen LogP contribution in [0.5, 0.6) is 0 Å². The first-order chi connectivity index (χ1) is 6.07. The summed E-state index contributed by atoms with van der Waals surface area (Å²) in [5, 5.41) is 0.286. The van der Waals surface area contributed by atoms with Crippen molar-refractivity contribution in [1.82, 2.24) is 0 Å². The molecule has 0 aliphatic carbocycles. The number of rotatable bonds is 2. The SMILES string of the molecule is CCc1ccc(C(C)C)c(F)c1Cl. The topological polar surface area (TPSA) is 0 Å². The zero-order valence-corrected chi connectivity index (χ0v) is 8.95. The van der Waals surface area contributed by atoms with Crippen molar-refractivity contribution < 1.29 is 4.39 Å². The van der Waals surface area contributed by atoms with Crippen LogP contribution in [0.15, 0.2) is 12.1 Å². The van der Waals surface area contributed by atoms with E-state index in [0.717, 1.165) is 12.0 Å². The Bertz CT molecular complexity index is 305. The first-order valence-corrected chi connectivity index (χ1v) is 4.92. The lowest BCUT2D eigenvalue weighted by atomic mass is 10.00. The van der Waals surface area contributed by atoms with E-state index in [2.05, 4.69) is 0 Å². The van der Waals surface area contributed by atoms with E-state index in [1.165, 1.54) is 0 Å². The Hall–Kier alpha value is -0.560. The summed E-state index contributed by atoms with van der Waals surface area (Å²) in [6, 6.07) is 3.73. The summed E-state index contributed by atoms with van der Waals surface area (Å²) in [7, 11) is 0. The van der Waals surface area contributed by atoms with Crippen LogP contribution in [0.4, 0.5) is 4.39 Å². The Morgan fingerprint density at radius 2 is 2.00 bits per heavy atom. The first-order valence-electron chi connectivity index (χ1n) is 4.54. The standard InChI is InChI=1S/C11H14ClF/c1-4-8-5-6-9(7(2)3)11(13)10(8)12/h5-7H,4H2,1-3H3. The fourth-order valence-corrected chi connectivity index (χ4v) is 1.63. The molecule has 13 heavy (non-hydrogen) atoms. The third-order valence-electron chi connectivity index (χ3n) is 2.20. The molecule has 1 rings (SSSR count). The van der Waals surface area contributed by atoms with Gasteiger partial charge in [-0.15, -0.1) is 0 Å². The molecule has 0 spiro atoms. The summed E-state index contributed by atoms with van der Waals surface area (Å²) < 4.78 is 13.6. The molecule has 0 nitrogen and oxygen atoms in total. The molecule has 0 saturated heterocycles. The van der Waals surface area contributed by atoms with E-state index in [0.29, 0.717) is 5.56 Å². The first kappa shape index (κ1) is 10.5. The molecule has 0 atom stereocenters. The van der Waals surface area contributed by atoms with Gasteiger partial charge in [0, 0.05) is 0 Å². The smallest absolute Gasteiger partial charge is 0.145 e. The van der Waals surface area contributed by atoms with Crippen molar-refractivity contribution >= 4 is 11.6 Å². The van der Waals surface area contributed by atoms with Gasteiger partial charge in [0.25, 0.3) is 0 Å². The van der Waals surface area contributed by atoms with Crippen molar-refractivity contribution in [3.63, 3.8) is 0 Å². The molecular formula is C11H14ClF. The summed E-state index contributed by atoms with van der Waals surface area (Å²) in [6.07, 6.45) is 0.772. The van der Waals surface area contributed by atoms with Gasteiger partial charge in [0.15, 0.2) is 0 Å². The minimum absolute atomic E-state index is 0.184. The fourth-order valence-electron chi connectivity index (χ4n) is 1.32. The highest BCUT2D eigenvalue weighted by Crippen LogP contribution is 2.27. The summed E-state index contributed by atoms with van der Waals surface area (Å²) >= 11 is 5.87. The molecule has 0 heterocycles. The molecule has 0 aliphatic rings. The predicted molar refractivity (Wildman–Crippen MR) is 54.9 cm³/mol. The second-order valence-electron chi connectivity index (χ2n) is 3.45. The molecule has 0 radical (unpaired) electrons. The summed E-state index contributed by atoms with van der Waals surface area (Å²) in [5.74, 6) is -0.0700. The van der Waals surface area contributed by atoms with E-state index in [1.54, 1.807) is 0 Å². The third-order valence-corrected chi connectivity index (χ3v) is 2.60. The van der Waals surface area contributed by atoms with Crippen molar-refractivity contribution in [1.29, 1.82) is 0 Å². The van der Waals surface area contributed by atoms with E-state index in [9.17, 15) is 4.39 Å². The highest BCUT2D eigenvalue weighted by molar-refractivity contribution is 6.31. The maximum atomic E-state index is 13.6. The molecule has 2 heteroatoms. The monoisotopic (exact) mass is 200 g/mol. The molecule has 0 saturated carbocycles. The van der Waals surface area contributed by atoms with Crippen molar-refractivity contribution in [2.24, 2.45) is 0 Å². The molecule has 0 aliphatic heterocycles. The normalized spacial score (nSPS) is 10.9. The maximum Gasteiger partial charge on any atom is 0.145 e. The molecule has 0 bridgehead atoms. The van der Waals surface area contributed by atoms with Gasteiger partial charge in [-0.3, -0.25) is 0 Å². The van der Waals surface area contributed by atoms with Crippen LogP contribution in [0, 0.1) is 5.82 Å². The van der Waals surface area contributed by atoms with Crippen LogP contribution in [-0.2, 0) is 6.42 Å². The lowest BCUT2D eigenvalue weighted by Gasteiger charge is -2.10. The van der Waals surface area contributed by atoms with Gasteiger partial charge in [0.2, 0.25) is 0 Å². The minimum atomic E-state index is -0.254. The molecule has 0 fully saturated rings. The van der Waals surface area contributed by atoms with Gasteiger partial charge in [0.05, 0.1) is 5.02 Å². The third kappa shape index (κ3) is 2.02. The maximum absolute atomic E-state index is 13.6. The van der Waals surface area contributed by atoms with Crippen LogP contribution in [-0.4, -0.2) is 0 Å². The fraction of sp³-hybridized carbons (Fsp3) is 0.455. The van der Waals surface area contributed by atoms with Gasteiger partial charge in [-0.1, -0.05) is 44.5 Å². The Labute approximate surface area is 83.7 Å².